The maximum absolute atomic E-state index is 13.4. The molecule has 0 unspecified atom stereocenters. The van der Waals surface area contributed by atoms with E-state index in [1.165, 1.54) is 12.1 Å². The first-order chi connectivity index (χ1) is 16.4. The lowest BCUT2D eigenvalue weighted by Crippen LogP contribution is -2.20. The van der Waals surface area contributed by atoms with E-state index in [1.807, 2.05) is 26.0 Å². The van der Waals surface area contributed by atoms with E-state index in [-0.39, 0.29) is 11.7 Å². The number of amides is 1. The van der Waals surface area contributed by atoms with Crippen LogP contribution in [0.3, 0.4) is 0 Å². The molecule has 1 aromatic heterocycles. The van der Waals surface area contributed by atoms with E-state index >= 15 is 0 Å². The van der Waals surface area contributed by atoms with Crippen LogP contribution in [0.2, 0.25) is 0 Å². The van der Waals surface area contributed by atoms with Gasteiger partial charge in [-0.2, -0.15) is 0 Å². The van der Waals surface area contributed by atoms with E-state index < -0.39 is 15.4 Å². The highest BCUT2D eigenvalue weighted by molar-refractivity contribution is 7.92. The summed E-state index contributed by atoms with van der Waals surface area (Å²) >= 11 is 0. The first-order valence-electron chi connectivity index (χ1n) is 10.7. The first-order valence-corrected chi connectivity index (χ1v) is 12.6. The fourth-order valence-corrected chi connectivity index (χ4v) is 4.46. The van der Waals surface area contributed by atoms with Gasteiger partial charge in [-0.15, -0.1) is 6.42 Å². The number of carbonyl (C=O) groups excluding carboxylic acids is 1. The fraction of sp³-hybridized carbons (Fsp3) is 0.148. The van der Waals surface area contributed by atoms with Crippen LogP contribution in [0.5, 0.6) is 0 Å². The maximum atomic E-state index is 13.4. The van der Waals surface area contributed by atoms with E-state index in [1.54, 1.807) is 42.5 Å². The number of rotatable bonds is 6. The van der Waals surface area contributed by atoms with Crippen molar-refractivity contribution >= 4 is 38.2 Å². The third kappa shape index (κ3) is 5.36. The molecule has 3 aromatic carbocycles. The number of terminal acetylenes is 1. The summed E-state index contributed by atoms with van der Waals surface area (Å²) in [4.78, 5) is 16.0. The summed E-state index contributed by atoms with van der Waals surface area (Å²) in [7, 11) is -3.42. The molecule has 0 bridgehead atoms. The Morgan fingerprint density at radius 1 is 0.971 bits per heavy atom. The molecule has 4 aromatic rings. The van der Waals surface area contributed by atoms with Gasteiger partial charge in [0.25, 0.3) is 5.91 Å². The average Bonchev–Trinajstić information content (AvgIpc) is 3.21. The maximum Gasteiger partial charge on any atom is 0.272 e. The molecule has 0 fully saturated rings. The van der Waals surface area contributed by atoms with Gasteiger partial charge in [0.05, 0.1) is 11.9 Å². The summed E-state index contributed by atoms with van der Waals surface area (Å²) in [6.45, 7) is 4.00. The van der Waals surface area contributed by atoms with Crippen molar-refractivity contribution in [2.24, 2.45) is 0 Å². The average molecular weight is 490 g/mol. The van der Waals surface area contributed by atoms with Gasteiger partial charge in [0, 0.05) is 27.6 Å². The molecule has 0 aliphatic carbocycles. The van der Waals surface area contributed by atoms with Crippen molar-refractivity contribution in [3.05, 3.63) is 94.9 Å². The highest BCUT2D eigenvalue weighted by Crippen LogP contribution is 2.34. The fourth-order valence-electron chi connectivity index (χ4n) is 3.90. The van der Waals surface area contributed by atoms with Crippen LogP contribution in [0, 0.1) is 18.2 Å². The number of hydrogen-bond donors (Lipinski definition) is 3. The molecule has 0 radical (unpaired) electrons. The zero-order valence-corrected chi connectivity index (χ0v) is 20.3. The van der Waals surface area contributed by atoms with Crippen molar-refractivity contribution in [1.29, 1.82) is 0 Å². The van der Waals surface area contributed by atoms with Crippen molar-refractivity contribution in [2.45, 2.75) is 19.3 Å². The lowest BCUT2D eigenvalue weighted by Gasteiger charge is -2.27. The number of anilines is 2. The molecule has 35 heavy (non-hydrogen) atoms. The molecule has 1 heterocycles. The van der Waals surface area contributed by atoms with E-state index in [2.05, 4.69) is 20.9 Å². The number of carbonyl (C=O) groups is 1. The molecule has 0 atom stereocenters. The second kappa shape index (κ2) is 8.93. The number of nitrogens with one attached hydrogen (secondary N) is 3. The summed E-state index contributed by atoms with van der Waals surface area (Å²) < 4.78 is 38.8. The Morgan fingerprint density at radius 2 is 1.69 bits per heavy atom. The Morgan fingerprint density at radius 3 is 2.34 bits per heavy atom. The third-order valence-corrected chi connectivity index (χ3v) is 6.42. The van der Waals surface area contributed by atoms with Crippen LogP contribution in [0.4, 0.5) is 15.8 Å². The van der Waals surface area contributed by atoms with Crippen molar-refractivity contribution in [3.8, 4) is 12.3 Å². The van der Waals surface area contributed by atoms with Gasteiger partial charge in [0.15, 0.2) is 0 Å². The quantitative estimate of drug-likeness (QED) is 0.324. The molecule has 8 heteroatoms. The predicted octanol–water partition coefficient (Wildman–Crippen LogP) is 5.24. The van der Waals surface area contributed by atoms with Gasteiger partial charge < -0.3 is 10.3 Å². The molecular weight excluding hydrogens is 465 g/mol. The molecule has 0 saturated heterocycles. The number of fused-ring (bicyclic) bond motifs is 1. The number of halogens is 1. The number of sulfonamides is 1. The highest BCUT2D eigenvalue weighted by atomic mass is 32.2. The van der Waals surface area contributed by atoms with Gasteiger partial charge in [0.1, 0.15) is 11.5 Å². The van der Waals surface area contributed by atoms with Gasteiger partial charge in [-0.3, -0.25) is 9.52 Å². The Hall–Kier alpha value is -4.09. The third-order valence-electron chi connectivity index (χ3n) is 5.82. The molecule has 0 aliphatic rings. The van der Waals surface area contributed by atoms with Crippen LogP contribution >= 0.6 is 0 Å². The summed E-state index contributed by atoms with van der Waals surface area (Å²) in [5.41, 5.74) is 3.70. The van der Waals surface area contributed by atoms with Crippen LogP contribution in [0.1, 0.15) is 41.0 Å². The summed E-state index contributed by atoms with van der Waals surface area (Å²) in [5.74, 6) is 1.94. The summed E-state index contributed by atoms with van der Waals surface area (Å²) in [6, 6.07) is 18.4. The zero-order valence-electron chi connectivity index (χ0n) is 19.4. The zero-order chi connectivity index (χ0) is 25.4. The Labute approximate surface area is 203 Å². The molecule has 0 aliphatic heterocycles. The number of aromatic amines is 1. The van der Waals surface area contributed by atoms with E-state index in [9.17, 15) is 17.6 Å². The molecule has 1 amide bonds. The standard InChI is InChI=1S/C27H24FN3O3S/c1-5-17-12-20(27(2,3)19-7-9-21(28)10-8-19)15-23(13-17)29-26(32)25-14-18-6-11-22(16-24(18)30-25)31-35(4,33)34/h1,6-16,30-31H,2-4H3,(H,29,32). The largest absolute Gasteiger partial charge is 0.350 e. The van der Waals surface area contributed by atoms with E-state index in [0.29, 0.717) is 28.1 Å². The number of H-pyrrole nitrogens is 1. The van der Waals surface area contributed by atoms with Crippen molar-refractivity contribution in [1.82, 2.24) is 4.98 Å². The van der Waals surface area contributed by atoms with Crippen LogP contribution in [-0.2, 0) is 15.4 Å². The second-order valence-corrected chi connectivity index (χ2v) is 10.6. The summed E-state index contributed by atoms with van der Waals surface area (Å²) in [6.07, 6.45) is 6.74. The van der Waals surface area contributed by atoms with Crippen LogP contribution in [-0.4, -0.2) is 25.6 Å². The van der Waals surface area contributed by atoms with Crippen LogP contribution in [0.25, 0.3) is 10.9 Å². The smallest absolute Gasteiger partial charge is 0.272 e. The minimum atomic E-state index is -3.42. The van der Waals surface area contributed by atoms with Crippen molar-refractivity contribution < 1.29 is 17.6 Å². The Bertz CT molecular complexity index is 1580. The van der Waals surface area contributed by atoms with Gasteiger partial charge in [-0.1, -0.05) is 38.0 Å². The van der Waals surface area contributed by atoms with Crippen LogP contribution < -0.4 is 10.0 Å². The highest BCUT2D eigenvalue weighted by Gasteiger charge is 2.24. The predicted molar refractivity (Wildman–Crippen MR) is 138 cm³/mol. The molecule has 0 spiro atoms. The van der Waals surface area contributed by atoms with Crippen molar-refractivity contribution in [2.75, 3.05) is 16.3 Å². The number of aromatic nitrogens is 1. The number of hydrogen-bond acceptors (Lipinski definition) is 3. The molecule has 4 rings (SSSR count). The molecule has 178 valence electrons. The SMILES string of the molecule is C#Cc1cc(NC(=O)c2cc3ccc(NS(C)(=O)=O)cc3[nH]2)cc(C(C)(C)c2ccc(F)cc2)c1. The minimum absolute atomic E-state index is 0.307. The molecule has 0 saturated carbocycles. The topological polar surface area (TPSA) is 91.1 Å². The first kappa shape index (κ1) is 24.0. The lowest BCUT2D eigenvalue weighted by atomic mass is 9.77. The van der Waals surface area contributed by atoms with E-state index in [4.69, 9.17) is 6.42 Å². The monoisotopic (exact) mass is 489 g/mol. The van der Waals surface area contributed by atoms with Gasteiger partial charge >= 0.3 is 0 Å². The van der Waals surface area contributed by atoms with Gasteiger partial charge in [-0.05, 0) is 59.7 Å². The molecular formula is C27H24FN3O3S. The molecule has 3 N–H and O–H groups in total. The minimum Gasteiger partial charge on any atom is -0.350 e. The van der Waals surface area contributed by atoms with E-state index in [0.717, 1.165) is 22.8 Å². The van der Waals surface area contributed by atoms with Crippen molar-refractivity contribution in [3.63, 3.8) is 0 Å². The summed E-state index contributed by atoms with van der Waals surface area (Å²) in [5, 5.41) is 3.64. The Balaban J connectivity index is 1.63. The molecule has 6 nitrogen and oxygen atoms in total. The van der Waals surface area contributed by atoms with Gasteiger partial charge in [0.2, 0.25) is 10.0 Å². The number of benzene rings is 3. The van der Waals surface area contributed by atoms with Crippen LogP contribution in [0.15, 0.2) is 66.7 Å². The Kier molecular flexibility index (Phi) is 6.14. The van der Waals surface area contributed by atoms with Gasteiger partial charge in [-0.25, -0.2) is 12.8 Å². The lowest BCUT2D eigenvalue weighted by molar-refractivity contribution is 0.102. The normalized spacial score (nSPS) is 11.7. The second-order valence-electron chi connectivity index (χ2n) is 8.89.